The molecule has 0 saturated heterocycles. The summed E-state index contributed by atoms with van der Waals surface area (Å²) >= 11 is 0. The lowest BCUT2D eigenvalue weighted by Crippen LogP contribution is -2.02. The number of fused-ring (bicyclic) bond motifs is 1. The Morgan fingerprint density at radius 1 is 1.18 bits per heavy atom. The third kappa shape index (κ3) is 2.07. The van der Waals surface area contributed by atoms with Gasteiger partial charge in [-0.2, -0.15) is 0 Å². The molecule has 86 valence electrons. The van der Waals surface area contributed by atoms with Crippen molar-refractivity contribution in [2.24, 2.45) is 0 Å². The SMILES string of the molecule is Cl.O=c1ccc2cc(-n3ccnc3)ccc2[nH]1. The van der Waals surface area contributed by atoms with Crippen LogP contribution < -0.4 is 5.56 Å². The van der Waals surface area contributed by atoms with Gasteiger partial charge in [0.25, 0.3) is 0 Å². The van der Waals surface area contributed by atoms with Gasteiger partial charge in [0.2, 0.25) is 5.56 Å². The molecule has 2 heterocycles. The van der Waals surface area contributed by atoms with Crippen LogP contribution in [-0.2, 0) is 0 Å². The van der Waals surface area contributed by atoms with Crippen LogP contribution in [0.3, 0.4) is 0 Å². The van der Waals surface area contributed by atoms with E-state index in [-0.39, 0.29) is 18.0 Å². The first-order valence-corrected chi connectivity index (χ1v) is 4.94. The maximum atomic E-state index is 11.1. The van der Waals surface area contributed by atoms with Crippen molar-refractivity contribution in [1.82, 2.24) is 14.5 Å². The molecule has 0 fully saturated rings. The van der Waals surface area contributed by atoms with Crippen LogP contribution in [0.5, 0.6) is 0 Å². The molecule has 0 aliphatic rings. The van der Waals surface area contributed by atoms with Crippen molar-refractivity contribution in [3.8, 4) is 5.69 Å². The summed E-state index contributed by atoms with van der Waals surface area (Å²) in [5.41, 5.74) is 1.79. The predicted molar refractivity (Wildman–Crippen MR) is 68.9 cm³/mol. The highest BCUT2D eigenvalue weighted by Gasteiger charge is 1.98. The van der Waals surface area contributed by atoms with Gasteiger partial charge in [0, 0.05) is 35.1 Å². The van der Waals surface area contributed by atoms with E-state index in [1.165, 1.54) is 6.07 Å². The average Bonchev–Trinajstić information content (AvgIpc) is 2.82. The Balaban J connectivity index is 0.00000108. The molecule has 0 amide bonds. The first-order chi connectivity index (χ1) is 7.83. The van der Waals surface area contributed by atoms with Crippen molar-refractivity contribution in [2.45, 2.75) is 0 Å². The summed E-state index contributed by atoms with van der Waals surface area (Å²) in [6.07, 6.45) is 5.36. The standard InChI is InChI=1S/C12H9N3O.ClH/c16-12-4-1-9-7-10(2-3-11(9)14-12)15-6-5-13-8-15;/h1-8H,(H,14,16);1H. The molecule has 0 aliphatic heterocycles. The number of halogens is 1. The van der Waals surface area contributed by atoms with Gasteiger partial charge in [0.15, 0.2) is 0 Å². The van der Waals surface area contributed by atoms with E-state index in [4.69, 9.17) is 0 Å². The summed E-state index contributed by atoms with van der Waals surface area (Å²) < 4.78 is 1.92. The Morgan fingerprint density at radius 3 is 2.82 bits per heavy atom. The Kier molecular flexibility index (Phi) is 2.97. The van der Waals surface area contributed by atoms with Gasteiger partial charge in [0.05, 0.1) is 6.33 Å². The fraction of sp³-hybridized carbons (Fsp3) is 0. The van der Waals surface area contributed by atoms with E-state index in [0.717, 1.165) is 16.6 Å². The second-order valence-electron chi connectivity index (χ2n) is 3.56. The lowest BCUT2D eigenvalue weighted by Gasteiger charge is -2.03. The molecule has 0 aliphatic carbocycles. The van der Waals surface area contributed by atoms with E-state index in [2.05, 4.69) is 9.97 Å². The Labute approximate surface area is 103 Å². The van der Waals surface area contributed by atoms with E-state index in [1.807, 2.05) is 35.0 Å². The molecule has 0 saturated carbocycles. The Bertz CT molecular complexity index is 688. The van der Waals surface area contributed by atoms with Crippen molar-refractivity contribution in [3.05, 3.63) is 59.4 Å². The third-order valence-electron chi connectivity index (χ3n) is 2.51. The van der Waals surface area contributed by atoms with Gasteiger partial charge in [0.1, 0.15) is 0 Å². The highest BCUT2D eigenvalue weighted by Crippen LogP contribution is 2.15. The van der Waals surface area contributed by atoms with Gasteiger partial charge < -0.3 is 9.55 Å². The molecule has 0 radical (unpaired) electrons. The van der Waals surface area contributed by atoms with E-state index in [9.17, 15) is 4.79 Å². The molecule has 1 N–H and O–H groups in total. The molecule has 3 aromatic rings. The first-order valence-electron chi connectivity index (χ1n) is 4.94. The summed E-state index contributed by atoms with van der Waals surface area (Å²) in [6, 6.07) is 9.19. The molecule has 0 spiro atoms. The molecule has 0 atom stereocenters. The zero-order valence-corrected chi connectivity index (χ0v) is 9.65. The van der Waals surface area contributed by atoms with Crippen LogP contribution in [0.4, 0.5) is 0 Å². The molecule has 5 heteroatoms. The number of H-pyrrole nitrogens is 1. The topological polar surface area (TPSA) is 50.7 Å². The number of benzene rings is 1. The van der Waals surface area contributed by atoms with E-state index >= 15 is 0 Å². The van der Waals surface area contributed by atoms with Crippen molar-refractivity contribution >= 4 is 23.3 Å². The minimum absolute atomic E-state index is 0. The number of nitrogens with zero attached hydrogens (tertiary/aromatic N) is 2. The average molecular weight is 248 g/mol. The Morgan fingerprint density at radius 2 is 2.06 bits per heavy atom. The Hall–Kier alpha value is -2.07. The van der Waals surface area contributed by atoms with Gasteiger partial charge in [-0.05, 0) is 24.3 Å². The summed E-state index contributed by atoms with van der Waals surface area (Å²) in [5.74, 6) is 0. The number of pyridine rings is 1. The number of aromatic amines is 1. The van der Waals surface area contributed by atoms with Gasteiger partial charge in [-0.15, -0.1) is 12.4 Å². The molecule has 4 nitrogen and oxygen atoms in total. The van der Waals surface area contributed by atoms with E-state index in [0.29, 0.717) is 0 Å². The highest BCUT2D eigenvalue weighted by molar-refractivity contribution is 5.85. The largest absolute Gasteiger partial charge is 0.322 e. The third-order valence-corrected chi connectivity index (χ3v) is 2.51. The minimum Gasteiger partial charge on any atom is -0.322 e. The van der Waals surface area contributed by atoms with Crippen LogP contribution in [-0.4, -0.2) is 14.5 Å². The quantitative estimate of drug-likeness (QED) is 0.716. The first kappa shape index (κ1) is 11.4. The summed E-state index contributed by atoms with van der Waals surface area (Å²) in [5, 5.41) is 1.01. The lowest BCUT2D eigenvalue weighted by atomic mass is 10.2. The van der Waals surface area contributed by atoms with Crippen LogP contribution in [0, 0.1) is 0 Å². The van der Waals surface area contributed by atoms with Gasteiger partial charge in [-0.25, -0.2) is 4.98 Å². The molecule has 3 rings (SSSR count). The second kappa shape index (κ2) is 4.43. The number of hydrogen-bond donors (Lipinski definition) is 1. The number of hydrogen-bond acceptors (Lipinski definition) is 2. The van der Waals surface area contributed by atoms with Crippen LogP contribution in [0.2, 0.25) is 0 Å². The monoisotopic (exact) mass is 247 g/mol. The highest BCUT2D eigenvalue weighted by atomic mass is 35.5. The molecule has 0 bridgehead atoms. The van der Waals surface area contributed by atoms with Crippen molar-refractivity contribution < 1.29 is 0 Å². The fourth-order valence-corrected chi connectivity index (χ4v) is 1.71. The van der Waals surface area contributed by atoms with Gasteiger partial charge in [-0.1, -0.05) is 0 Å². The van der Waals surface area contributed by atoms with E-state index < -0.39 is 0 Å². The van der Waals surface area contributed by atoms with Crippen LogP contribution in [0.15, 0.2) is 53.8 Å². The van der Waals surface area contributed by atoms with Crippen molar-refractivity contribution in [2.75, 3.05) is 0 Å². The zero-order chi connectivity index (χ0) is 11.0. The molecule has 17 heavy (non-hydrogen) atoms. The maximum Gasteiger partial charge on any atom is 0.248 e. The number of aromatic nitrogens is 3. The maximum absolute atomic E-state index is 11.1. The predicted octanol–water partition coefficient (Wildman–Crippen LogP) is 2.14. The summed E-state index contributed by atoms with van der Waals surface area (Å²) in [7, 11) is 0. The van der Waals surface area contributed by atoms with Crippen molar-refractivity contribution in [1.29, 1.82) is 0 Å². The van der Waals surface area contributed by atoms with Crippen LogP contribution in [0.1, 0.15) is 0 Å². The number of rotatable bonds is 1. The molecular weight excluding hydrogens is 238 g/mol. The van der Waals surface area contributed by atoms with Crippen molar-refractivity contribution in [3.63, 3.8) is 0 Å². The summed E-state index contributed by atoms with van der Waals surface area (Å²) in [4.78, 5) is 17.9. The smallest absolute Gasteiger partial charge is 0.248 e. The number of imidazole rings is 1. The minimum atomic E-state index is -0.0807. The molecule has 2 aromatic heterocycles. The molecule has 1 aromatic carbocycles. The normalized spacial score (nSPS) is 10.1. The zero-order valence-electron chi connectivity index (χ0n) is 8.83. The lowest BCUT2D eigenvalue weighted by molar-refractivity contribution is 1.06. The van der Waals surface area contributed by atoms with E-state index in [1.54, 1.807) is 12.5 Å². The molecular formula is C12H10ClN3O. The van der Waals surface area contributed by atoms with Crippen LogP contribution >= 0.6 is 12.4 Å². The summed E-state index contributed by atoms with van der Waals surface area (Å²) in [6.45, 7) is 0. The molecule has 0 unspecified atom stereocenters. The fourth-order valence-electron chi connectivity index (χ4n) is 1.71. The van der Waals surface area contributed by atoms with Gasteiger partial charge in [-0.3, -0.25) is 4.79 Å². The second-order valence-corrected chi connectivity index (χ2v) is 3.56. The van der Waals surface area contributed by atoms with Crippen LogP contribution in [0.25, 0.3) is 16.6 Å². The van der Waals surface area contributed by atoms with Gasteiger partial charge >= 0.3 is 0 Å². The number of nitrogens with one attached hydrogen (secondary N) is 1.